The van der Waals surface area contributed by atoms with Crippen LogP contribution >= 0.6 is 0 Å². The second-order valence-corrected chi connectivity index (χ2v) is 4.26. The van der Waals surface area contributed by atoms with Gasteiger partial charge in [0.15, 0.2) is 0 Å². The van der Waals surface area contributed by atoms with Gasteiger partial charge in [0.1, 0.15) is 5.69 Å². The fourth-order valence-corrected chi connectivity index (χ4v) is 1.95. The molecule has 1 heterocycles. The third-order valence-corrected chi connectivity index (χ3v) is 3.02. The molecule has 0 saturated heterocycles. The molecular formula is C15H17NO2. The standard InChI is InChI=1S/C15H17NO2/c1-4-16-10-13(9-14(16)15(17)18-3)12-7-5-11(2)6-8-12/h5-10H,4H2,1-3H3. The molecule has 0 unspecified atom stereocenters. The number of benzene rings is 1. The molecule has 3 nitrogen and oxygen atoms in total. The van der Waals surface area contributed by atoms with Gasteiger partial charge in [-0.15, -0.1) is 0 Å². The van der Waals surface area contributed by atoms with Crippen LogP contribution in [0.1, 0.15) is 23.0 Å². The Morgan fingerprint density at radius 3 is 2.44 bits per heavy atom. The topological polar surface area (TPSA) is 31.2 Å². The molecular weight excluding hydrogens is 226 g/mol. The van der Waals surface area contributed by atoms with Crippen LogP contribution in [0.4, 0.5) is 0 Å². The summed E-state index contributed by atoms with van der Waals surface area (Å²) in [5.74, 6) is -0.296. The minimum Gasteiger partial charge on any atom is -0.464 e. The van der Waals surface area contributed by atoms with E-state index >= 15 is 0 Å². The summed E-state index contributed by atoms with van der Waals surface area (Å²) in [6, 6.07) is 10.1. The highest BCUT2D eigenvalue weighted by molar-refractivity contribution is 5.89. The van der Waals surface area contributed by atoms with Gasteiger partial charge >= 0.3 is 5.97 Å². The van der Waals surface area contributed by atoms with Crippen molar-refractivity contribution in [3.8, 4) is 11.1 Å². The Balaban J connectivity index is 2.43. The number of aryl methyl sites for hydroxylation is 2. The molecule has 0 radical (unpaired) electrons. The van der Waals surface area contributed by atoms with Crippen LogP contribution in [0.15, 0.2) is 36.5 Å². The molecule has 0 fully saturated rings. The number of methoxy groups -OCH3 is 1. The number of carbonyl (C=O) groups excluding carboxylic acids is 1. The summed E-state index contributed by atoms with van der Waals surface area (Å²) in [5.41, 5.74) is 3.97. The van der Waals surface area contributed by atoms with E-state index in [4.69, 9.17) is 4.74 Å². The zero-order valence-corrected chi connectivity index (χ0v) is 10.9. The normalized spacial score (nSPS) is 10.4. The van der Waals surface area contributed by atoms with Gasteiger partial charge in [-0.25, -0.2) is 4.79 Å². The van der Waals surface area contributed by atoms with Crippen LogP contribution < -0.4 is 0 Å². The Kier molecular flexibility index (Phi) is 3.51. The van der Waals surface area contributed by atoms with Crippen molar-refractivity contribution in [1.82, 2.24) is 4.57 Å². The van der Waals surface area contributed by atoms with E-state index in [1.165, 1.54) is 12.7 Å². The number of hydrogen-bond acceptors (Lipinski definition) is 2. The highest BCUT2D eigenvalue weighted by atomic mass is 16.5. The molecule has 0 N–H and O–H groups in total. The molecule has 3 heteroatoms. The fourth-order valence-electron chi connectivity index (χ4n) is 1.95. The minimum atomic E-state index is -0.296. The lowest BCUT2D eigenvalue weighted by Crippen LogP contribution is -2.08. The van der Waals surface area contributed by atoms with Crippen LogP contribution in [-0.2, 0) is 11.3 Å². The number of esters is 1. The highest BCUT2D eigenvalue weighted by Crippen LogP contribution is 2.23. The Morgan fingerprint density at radius 1 is 1.22 bits per heavy atom. The molecule has 18 heavy (non-hydrogen) atoms. The van der Waals surface area contributed by atoms with Crippen molar-refractivity contribution in [1.29, 1.82) is 0 Å². The van der Waals surface area contributed by atoms with Gasteiger partial charge in [-0.05, 0) is 25.5 Å². The molecule has 1 aromatic carbocycles. The summed E-state index contributed by atoms with van der Waals surface area (Å²) >= 11 is 0. The van der Waals surface area contributed by atoms with Gasteiger partial charge in [-0.1, -0.05) is 29.8 Å². The Hall–Kier alpha value is -2.03. The summed E-state index contributed by atoms with van der Waals surface area (Å²) in [5, 5.41) is 0. The van der Waals surface area contributed by atoms with E-state index in [9.17, 15) is 4.79 Å². The maximum Gasteiger partial charge on any atom is 0.354 e. The van der Waals surface area contributed by atoms with Crippen LogP contribution in [0.25, 0.3) is 11.1 Å². The van der Waals surface area contributed by atoms with Crippen molar-refractivity contribution in [3.63, 3.8) is 0 Å². The monoisotopic (exact) mass is 243 g/mol. The van der Waals surface area contributed by atoms with Crippen LogP contribution in [0, 0.1) is 6.92 Å². The molecule has 2 rings (SSSR count). The zero-order valence-electron chi connectivity index (χ0n) is 10.9. The predicted molar refractivity (Wildman–Crippen MR) is 71.6 cm³/mol. The molecule has 2 aromatic rings. The summed E-state index contributed by atoms with van der Waals surface area (Å²) in [6.07, 6.45) is 1.98. The van der Waals surface area contributed by atoms with E-state index in [1.54, 1.807) is 0 Å². The van der Waals surface area contributed by atoms with Gasteiger partial charge < -0.3 is 9.30 Å². The lowest BCUT2D eigenvalue weighted by Gasteiger charge is -2.02. The molecule has 0 aliphatic carbocycles. The van der Waals surface area contributed by atoms with E-state index in [0.717, 1.165) is 17.7 Å². The first-order valence-corrected chi connectivity index (χ1v) is 6.01. The lowest BCUT2D eigenvalue weighted by molar-refractivity contribution is 0.0588. The first kappa shape index (κ1) is 12.4. The molecule has 94 valence electrons. The fraction of sp³-hybridized carbons (Fsp3) is 0.267. The minimum absolute atomic E-state index is 0.296. The van der Waals surface area contributed by atoms with E-state index in [0.29, 0.717) is 5.69 Å². The van der Waals surface area contributed by atoms with Crippen LogP contribution in [0.2, 0.25) is 0 Å². The molecule has 0 bridgehead atoms. The van der Waals surface area contributed by atoms with Crippen molar-refractivity contribution < 1.29 is 9.53 Å². The van der Waals surface area contributed by atoms with E-state index < -0.39 is 0 Å². The summed E-state index contributed by atoms with van der Waals surface area (Å²) in [6.45, 7) is 4.81. The largest absolute Gasteiger partial charge is 0.464 e. The van der Waals surface area contributed by atoms with Crippen molar-refractivity contribution in [3.05, 3.63) is 47.8 Å². The first-order chi connectivity index (χ1) is 8.65. The Bertz CT molecular complexity index is 552. The van der Waals surface area contributed by atoms with Crippen molar-refractivity contribution in [2.75, 3.05) is 7.11 Å². The maximum atomic E-state index is 11.6. The highest BCUT2D eigenvalue weighted by Gasteiger charge is 2.13. The molecule has 0 spiro atoms. The lowest BCUT2D eigenvalue weighted by atomic mass is 10.1. The summed E-state index contributed by atoms with van der Waals surface area (Å²) in [4.78, 5) is 11.6. The number of rotatable bonds is 3. The molecule has 0 aliphatic rings. The van der Waals surface area contributed by atoms with Crippen molar-refractivity contribution in [2.45, 2.75) is 20.4 Å². The van der Waals surface area contributed by atoms with Crippen LogP contribution in [0.5, 0.6) is 0 Å². The van der Waals surface area contributed by atoms with Gasteiger partial charge in [-0.2, -0.15) is 0 Å². The quantitative estimate of drug-likeness (QED) is 0.775. The van der Waals surface area contributed by atoms with E-state index in [2.05, 4.69) is 31.2 Å². The molecule has 0 atom stereocenters. The number of hydrogen-bond donors (Lipinski definition) is 0. The number of nitrogens with zero attached hydrogens (tertiary/aromatic N) is 1. The predicted octanol–water partition coefficient (Wildman–Crippen LogP) is 3.27. The van der Waals surface area contributed by atoms with Crippen molar-refractivity contribution in [2.24, 2.45) is 0 Å². The van der Waals surface area contributed by atoms with Gasteiger partial charge in [0.25, 0.3) is 0 Å². The molecule has 0 amide bonds. The Labute approximate surface area is 107 Å². The van der Waals surface area contributed by atoms with Crippen molar-refractivity contribution >= 4 is 5.97 Å². The zero-order chi connectivity index (χ0) is 13.1. The number of carbonyl (C=O) groups is 1. The summed E-state index contributed by atoms with van der Waals surface area (Å²) < 4.78 is 6.69. The van der Waals surface area contributed by atoms with Gasteiger partial charge in [-0.3, -0.25) is 0 Å². The molecule has 0 saturated carbocycles. The third-order valence-electron chi connectivity index (χ3n) is 3.02. The second kappa shape index (κ2) is 5.08. The van der Waals surface area contributed by atoms with Crippen LogP contribution in [0.3, 0.4) is 0 Å². The van der Waals surface area contributed by atoms with E-state index in [-0.39, 0.29) is 5.97 Å². The molecule has 0 aliphatic heterocycles. The smallest absolute Gasteiger partial charge is 0.354 e. The maximum absolute atomic E-state index is 11.6. The Morgan fingerprint density at radius 2 is 1.89 bits per heavy atom. The SMILES string of the molecule is CCn1cc(-c2ccc(C)cc2)cc1C(=O)OC. The first-order valence-electron chi connectivity index (χ1n) is 6.01. The molecule has 1 aromatic heterocycles. The van der Waals surface area contributed by atoms with Gasteiger partial charge in [0.05, 0.1) is 7.11 Å². The van der Waals surface area contributed by atoms with E-state index in [1.807, 2.05) is 23.8 Å². The number of ether oxygens (including phenoxy) is 1. The number of aromatic nitrogens is 1. The van der Waals surface area contributed by atoms with Gasteiger partial charge in [0.2, 0.25) is 0 Å². The van der Waals surface area contributed by atoms with Gasteiger partial charge in [0, 0.05) is 18.3 Å². The third kappa shape index (κ3) is 2.30. The van der Waals surface area contributed by atoms with Crippen LogP contribution in [-0.4, -0.2) is 17.6 Å². The average Bonchev–Trinajstić information content (AvgIpc) is 2.82. The average molecular weight is 243 g/mol. The summed E-state index contributed by atoms with van der Waals surface area (Å²) in [7, 11) is 1.40. The second-order valence-electron chi connectivity index (χ2n) is 4.26.